The third-order valence-electron chi connectivity index (χ3n) is 7.05. The van der Waals surface area contributed by atoms with Gasteiger partial charge in [0.1, 0.15) is 0 Å². The molecule has 0 unspecified atom stereocenters. The maximum Gasteiger partial charge on any atom is 0.252 e. The normalized spacial score (nSPS) is 23.5. The zero-order valence-corrected chi connectivity index (χ0v) is 22.3. The summed E-state index contributed by atoms with van der Waals surface area (Å²) >= 11 is 7.71. The zero-order chi connectivity index (χ0) is 21.6. The van der Waals surface area contributed by atoms with Crippen LogP contribution in [0.1, 0.15) is 103 Å². The summed E-state index contributed by atoms with van der Waals surface area (Å²) in [6, 6.07) is 0. The minimum Gasteiger partial charge on any atom is -0.298 e. The Morgan fingerprint density at radius 2 is 1.09 bits per heavy atom. The molecule has 4 fully saturated rings. The largest absolute Gasteiger partial charge is 0.298 e. The smallest absolute Gasteiger partial charge is 0.252 e. The van der Waals surface area contributed by atoms with E-state index in [0.29, 0.717) is 21.0 Å². The molecule has 1 aromatic heterocycles. The molecule has 0 amide bonds. The van der Waals surface area contributed by atoms with E-state index in [2.05, 4.69) is 8.43 Å². The van der Waals surface area contributed by atoms with Crippen molar-refractivity contribution in [2.45, 2.75) is 129 Å². The van der Waals surface area contributed by atoms with Gasteiger partial charge in [-0.1, -0.05) is 63.1 Å². The summed E-state index contributed by atoms with van der Waals surface area (Å²) < 4.78 is 5.92. The van der Waals surface area contributed by atoms with Crippen LogP contribution in [0.25, 0.3) is 0 Å². The molecule has 4 aliphatic rings. The van der Waals surface area contributed by atoms with Gasteiger partial charge in [0.15, 0.2) is 5.16 Å². The highest BCUT2D eigenvalue weighted by atomic mass is 32.2. The first-order valence-electron chi connectivity index (χ1n) is 12.8. The van der Waals surface area contributed by atoms with Crippen LogP contribution in [0.15, 0.2) is 5.16 Å². The van der Waals surface area contributed by atoms with Crippen LogP contribution in [0.3, 0.4) is 0 Å². The second-order valence-corrected chi connectivity index (χ2v) is 14.8. The van der Waals surface area contributed by atoms with E-state index in [1.54, 1.807) is 0 Å². The number of nitrogens with one attached hydrogen (secondary N) is 1. The predicted octanol–water partition coefficient (Wildman–Crippen LogP) is 7.90. The maximum atomic E-state index is 5.04. The molecule has 0 aliphatic heterocycles. The molecule has 0 aromatic carbocycles. The van der Waals surface area contributed by atoms with Gasteiger partial charge < -0.3 is 0 Å². The SMILES string of the molecule is C1CCC(SNc2nc(SC3CCCC3)nc(N(SC3CCCC3)SC3CCCC3)n2)C1. The van der Waals surface area contributed by atoms with Crippen LogP contribution in [0.5, 0.6) is 0 Å². The van der Waals surface area contributed by atoms with Crippen LogP contribution in [-0.4, -0.2) is 36.0 Å². The van der Waals surface area contributed by atoms with Gasteiger partial charge in [-0.2, -0.15) is 15.0 Å². The Hall–Kier alpha value is 0.01000. The van der Waals surface area contributed by atoms with Gasteiger partial charge >= 0.3 is 0 Å². The first kappa shape index (κ1) is 23.7. The molecule has 178 valence electrons. The highest BCUT2D eigenvalue weighted by Gasteiger charge is 2.28. The number of anilines is 2. The molecule has 0 saturated heterocycles. The first-order chi connectivity index (χ1) is 15.8. The molecule has 0 spiro atoms. The summed E-state index contributed by atoms with van der Waals surface area (Å²) in [4.78, 5) is 14.9. The summed E-state index contributed by atoms with van der Waals surface area (Å²) in [6.45, 7) is 0. The van der Waals surface area contributed by atoms with Crippen molar-refractivity contribution in [3.05, 3.63) is 0 Å². The van der Waals surface area contributed by atoms with Crippen molar-refractivity contribution in [3.63, 3.8) is 0 Å². The van der Waals surface area contributed by atoms with Crippen LogP contribution in [0.4, 0.5) is 11.9 Å². The molecule has 1 aromatic rings. The van der Waals surface area contributed by atoms with Gasteiger partial charge in [-0.15, -0.1) is 0 Å². The van der Waals surface area contributed by atoms with E-state index in [1.165, 1.54) is 103 Å². The Morgan fingerprint density at radius 1 is 0.594 bits per heavy atom. The average molecular weight is 512 g/mol. The van der Waals surface area contributed by atoms with Crippen LogP contribution in [-0.2, 0) is 0 Å². The Bertz CT molecular complexity index is 696. The first-order valence-corrected chi connectivity index (χ1v) is 16.2. The molecule has 9 heteroatoms. The van der Waals surface area contributed by atoms with Crippen molar-refractivity contribution in [3.8, 4) is 0 Å². The second kappa shape index (κ2) is 12.1. The van der Waals surface area contributed by atoms with Crippen molar-refractivity contribution in [2.24, 2.45) is 0 Å². The standard InChI is InChI=1S/C23H37N5S4/c1-2-10-17(9-1)29-23-25-21(27-30-18-11-3-4-12-18)24-22(26-23)28(31-19-13-5-6-14-19)32-20-15-7-8-16-20/h17-20H,1-16H2,(H,24,25,26,27). The van der Waals surface area contributed by atoms with Crippen molar-refractivity contribution >= 4 is 59.5 Å². The third-order valence-corrected chi connectivity index (χ3v) is 12.1. The molecule has 0 atom stereocenters. The number of aromatic nitrogens is 3. The maximum absolute atomic E-state index is 5.04. The van der Waals surface area contributed by atoms with Gasteiger partial charge in [-0.25, -0.2) is 3.71 Å². The fourth-order valence-electron chi connectivity index (χ4n) is 5.20. The summed E-state index contributed by atoms with van der Waals surface area (Å²) in [6.07, 6.45) is 21.4. The molecule has 1 heterocycles. The summed E-state index contributed by atoms with van der Waals surface area (Å²) in [5, 5.41) is 3.68. The van der Waals surface area contributed by atoms with E-state index in [4.69, 9.17) is 15.0 Å². The summed E-state index contributed by atoms with van der Waals surface area (Å²) in [7, 11) is 0. The van der Waals surface area contributed by atoms with Gasteiger partial charge in [-0.3, -0.25) is 4.72 Å². The fourth-order valence-corrected chi connectivity index (χ4v) is 10.2. The van der Waals surface area contributed by atoms with E-state index in [0.717, 1.165) is 17.1 Å². The molecule has 4 saturated carbocycles. The molecular formula is C23H37N5S4. The van der Waals surface area contributed by atoms with E-state index < -0.39 is 0 Å². The summed E-state index contributed by atoms with van der Waals surface area (Å²) in [5.74, 6) is 1.63. The molecule has 32 heavy (non-hydrogen) atoms. The van der Waals surface area contributed by atoms with Crippen LogP contribution >= 0.6 is 47.6 Å². The Morgan fingerprint density at radius 3 is 1.66 bits per heavy atom. The minimum atomic E-state index is 0.666. The Balaban J connectivity index is 1.35. The third kappa shape index (κ3) is 6.79. The van der Waals surface area contributed by atoms with E-state index in [1.807, 2.05) is 47.6 Å². The van der Waals surface area contributed by atoms with Gasteiger partial charge in [0.2, 0.25) is 5.95 Å². The van der Waals surface area contributed by atoms with Gasteiger partial charge in [0.25, 0.3) is 5.95 Å². The van der Waals surface area contributed by atoms with Crippen molar-refractivity contribution < 1.29 is 0 Å². The number of nitrogens with zero attached hydrogens (tertiary/aromatic N) is 4. The number of hydrogen-bond acceptors (Lipinski definition) is 9. The van der Waals surface area contributed by atoms with E-state index in [9.17, 15) is 0 Å². The molecular weight excluding hydrogens is 475 g/mol. The van der Waals surface area contributed by atoms with Crippen molar-refractivity contribution in [1.82, 2.24) is 15.0 Å². The van der Waals surface area contributed by atoms with Crippen LogP contribution in [0, 0.1) is 0 Å². The predicted molar refractivity (Wildman–Crippen MR) is 144 cm³/mol. The van der Waals surface area contributed by atoms with E-state index in [-0.39, 0.29) is 0 Å². The second-order valence-electron chi connectivity index (χ2n) is 9.67. The van der Waals surface area contributed by atoms with Gasteiger partial charge in [0.05, 0.1) is 0 Å². The van der Waals surface area contributed by atoms with Crippen molar-refractivity contribution in [1.29, 1.82) is 0 Å². The molecule has 5 nitrogen and oxygen atoms in total. The lowest BCUT2D eigenvalue weighted by Gasteiger charge is -2.26. The van der Waals surface area contributed by atoms with Crippen molar-refractivity contribution in [2.75, 3.05) is 8.43 Å². The Kier molecular flexibility index (Phi) is 8.99. The molecule has 0 bridgehead atoms. The summed E-state index contributed by atoms with van der Waals surface area (Å²) in [5.41, 5.74) is 0. The lowest BCUT2D eigenvalue weighted by Crippen LogP contribution is -2.18. The topological polar surface area (TPSA) is 53.9 Å². The number of rotatable bonds is 10. The molecule has 4 aliphatic carbocycles. The monoisotopic (exact) mass is 511 g/mol. The van der Waals surface area contributed by atoms with Crippen LogP contribution < -0.4 is 8.43 Å². The highest BCUT2D eigenvalue weighted by Crippen LogP contribution is 2.43. The highest BCUT2D eigenvalue weighted by molar-refractivity contribution is 8.18. The lowest BCUT2D eigenvalue weighted by atomic mass is 10.4. The molecule has 1 N–H and O–H groups in total. The van der Waals surface area contributed by atoms with Crippen LogP contribution in [0.2, 0.25) is 0 Å². The molecule has 5 rings (SSSR count). The van der Waals surface area contributed by atoms with E-state index >= 15 is 0 Å². The van der Waals surface area contributed by atoms with Gasteiger partial charge in [-0.05, 0) is 87.2 Å². The quantitative estimate of drug-likeness (QED) is 0.316. The minimum absolute atomic E-state index is 0.666. The average Bonchev–Trinajstić information content (AvgIpc) is 3.61. The lowest BCUT2D eigenvalue weighted by molar-refractivity contribution is 0.868. The Labute approximate surface area is 211 Å². The van der Waals surface area contributed by atoms with Gasteiger partial charge in [0, 0.05) is 21.0 Å². The number of hydrogen-bond donors (Lipinski definition) is 1. The molecule has 0 radical (unpaired) electrons. The fraction of sp³-hybridized carbons (Fsp3) is 0.870. The zero-order valence-electron chi connectivity index (χ0n) is 19.0. The number of thioether (sulfide) groups is 1.